The van der Waals surface area contributed by atoms with Gasteiger partial charge in [-0.05, 0) is 65.2 Å². The first-order valence-corrected chi connectivity index (χ1v) is 17.9. The molecule has 1 aromatic heterocycles. The van der Waals surface area contributed by atoms with Gasteiger partial charge < -0.3 is 16.0 Å². The predicted molar refractivity (Wildman–Crippen MR) is 207 cm³/mol. The van der Waals surface area contributed by atoms with Gasteiger partial charge in [-0.3, -0.25) is 14.4 Å². The Morgan fingerprint density at radius 2 is 1.45 bits per heavy atom. The van der Waals surface area contributed by atoms with Crippen LogP contribution in [0.2, 0.25) is 5.02 Å². The molecular weight excluding hydrogens is 696 g/mol. The van der Waals surface area contributed by atoms with E-state index in [4.69, 9.17) is 11.6 Å². The summed E-state index contributed by atoms with van der Waals surface area (Å²) in [6.07, 6.45) is 1.57. The molecule has 6 aromatic rings. The van der Waals surface area contributed by atoms with Gasteiger partial charge in [-0.25, -0.2) is 0 Å². The van der Waals surface area contributed by atoms with E-state index < -0.39 is 17.1 Å². The maximum Gasteiger partial charge on any atom is 0.272 e. The maximum absolute atomic E-state index is 13.9. The molecule has 0 bridgehead atoms. The Bertz CT molecular complexity index is 2230. The number of rotatable bonds is 11. The monoisotopic (exact) mass is 724 g/mol. The van der Waals surface area contributed by atoms with E-state index in [2.05, 4.69) is 22.0 Å². The molecule has 0 saturated carbocycles. The summed E-state index contributed by atoms with van der Waals surface area (Å²) in [5, 5.41) is 20.9. The Balaban J connectivity index is 1.23. The van der Waals surface area contributed by atoms with Crippen molar-refractivity contribution in [2.75, 3.05) is 10.6 Å². The van der Waals surface area contributed by atoms with Gasteiger partial charge in [-0.2, -0.15) is 5.26 Å². The normalized spacial score (nSPS) is 11.6. The van der Waals surface area contributed by atoms with Gasteiger partial charge in [0.1, 0.15) is 22.0 Å². The first kappa shape index (κ1) is 34.9. The lowest BCUT2D eigenvalue weighted by Crippen LogP contribution is -2.30. The molecule has 10 heteroatoms. The third-order valence-electron chi connectivity index (χ3n) is 7.62. The van der Waals surface area contributed by atoms with Crippen molar-refractivity contribution in [2.24, 2.45) is 0 Å². The highest BCUT2D eigenvalue weighted by Gasteiger charge is 2.25. The number of nitrogens with one attached hydrogen (secondary N) is 3. The summed E-state index contributed by atoms with van der Waals surface area (Å²) in [6, 6.07) is 43.8. The lowest BCUT2D eigenvalue weighted by molar-refractivity contribution is -0.116. The van der Waals surface area contributed by atoms with E-state index in [1.165, 1.54) is 23.1 Å². The van der Waals surface area contributed by atoms with E-state index in [1.54, 1.807) is 78.9 Å². The molecule has 51 heavy (non-hydrogen) atoms. The zero-order chi connectivity index (χ0) is 35.6. The Hall–Kier alpha value is -5.92. The molecular formula is C41H29ClN4O3S2. The molecule has 0 saturated heterocycles. The van der Waals surface area contributed by atoms with Crippen molar-refractivity contribution in [1.29, 1.82) is 5.26 Å². The molecule has 0 aliphatic heterocycles. The van der Waals surface area contributed by atoms with E-state index in [-0.39, 0.29) is 11.6 Å². The van der Waals surface area contributed by atoms with Gasteiger partial charge in [0.15, 0.2) is 0 Å². The third-order valence-corrected chi connectivity index (χ3v) is 10.0. The topological polar surface area (TPSA) is 111 Å². The molecule has 0 spiro atoms. The van der Waals surface area contributed by atoms with Gasteiger partial charge in [-0.1, -0.05) is 109 Å². The number of amides is 3. The number of halogens is 1. The van der Waals surface area contributed by atoms with E-state index in [1.807, 2.05) is 72.1 Å². The van der Waals surface area contributed by atoms with E-state index in [9.17, 15) is 19.6 Å². The molecule has 0 aliphatic rings. The van der Waals surface area contributed by atoms with Crippen molar-refractivity contribution < 1.29 is 14.4 Å². The average Bonchev–Trinajstić information content (AvgIpc) is 3.57. The van der Waals surface area contributed by atoms with Crippen molar-refractivity contribution in [3.05, 3.63) is 178 Å². The van der Waals surface area contributed by atoms with Crippen LogP contribution < -0.4 is 16.0 Å². The maximum atomic E-state index is 13.9. The molecule has 5 aromatic carbocycles. The van der Waals surface area contributed by atoms with Crippen LogP contribution in [0.3, 0.4) is 0 Å². The molecule has 6 rings (SSSR count). The van der Waals surface area contributed by atoms with Crippen molar-refractivity contribution in [3.63, 3.8) is 0 Å². The minimum atomic E-state index is -0.684. The molecule has 3 N–H and O–H groups in total. The number of nitriles is 1. The highest BCUT2D eigenvalue weighted by molar-refractivity contribution is 8.00. The van der Waals surface area contributed by atoms with E-state index in [0.29, 0.717) is 37.3 Å². The summed E-state index contributed by atoms with van der Waals surface area (Å²) in [5.74, 6) is -1.27. The first-order valence-electron chi connectivity index (χ1n) is 15.7. The predicted octanol–water partition coefficient (Wildman–Crippen LogP) is 9.82. The fourth-order valence-electron chi connectivity index (χ4n) is 5.12. The number of hydrogen-bond donors (Lipinski definition) is 3. The Morgan fingerprint density at radius 3 is 2.14 bits per heavy atom. The summed E-state index contributed by atoms with van der Waals surface area (Å²) in [4.78, 5) is 41.4. The van der Waals surface area contributed by atoms with Crippen molar-refractivity contribution in [3.8, 4) is 17.2 Å². The van der Waals surface area contributed by atoms with Crippen LogP contribution in [0.4, 0.5) is 10.7 Å². The summed E-state index contributed by atoms with van der Waals surface area (Å²) in [5.41, 5.74) is 4.39. The Labute approximate surface area is 308 Å². The average molecular weight is 725 g/mol. The third kappa shape index (κ3) is 9.01. The number of carbonyl (C=O) groups is 3. The zero-order valence-corrected chi connectivity index (χ0v) is 29.3. The van der Waals surface area contributed by atoms with Gasteiger partial charge in [0.05, 0.1) is 5.56 Å². The first-order chi connectivity index (χ1) is 24.9. The quantitative estimate of drug-likeness (QED) is 0.0910. The van der Waals surface area contributed by atoms with Gasteiger partial charge in [0.25, 0.3) is 11.8 Å². The number of benzene rings is 5. The summed E-state index contributed by atoms with van der Waals surface area (Å²) in [7, 11) is 0. The second-order valence-electron chi connectivity index (χ2n) is 11.1. The number of thiophene rings is 1. The molecule has 250 valence electrons. The molecule has 0 radical (unpaired) electrons. The lowest BCUT2D eigenvalue weighted by Gasteiger charge is -2.17. The highest BCUT2D eigenvalue weighted by atomic mass is 35.5. The summed E-state index contributed by atoms with van der Waals surface area (Å²) >= 11 is 8.68. The Morgan fingerprint density at radius 1 is 0.784 bits per heavy atom. The smallest absolute Gasteiger partial charge is 0.272 e. The molecule has 1 unspecified atom stereocenters. The van der Waals surface area contributed by atoms with Crippen LogP contribution in [0.25, 0.3) is 17.2 Å². The van der Waals surface area contributed by atoms with Crippen LogP contribution in [0.15, 0.2) is 155 Å². The van der Waals surface area contributed by atoms with Crippen LogP contribution >= 0.6 is 34.7 Å². The lowest BCUT2D eigenvalue weighted by atomic mass is 10.1. The molecule has 7 nitrogen and oxygen atoms in total. The van der Waals surface area contributed by atoms with Crippen molar-refractivity contribution in [1.82, 2.24) is 5.32 Å². The standard InChI is InChI=1S/C41H29ClN4O3S2/c42-31-21-19-27(20-22-31)23-36(45-38(47)30-15-8-3-9-16-30)39(48)44-32-17-10-18-33(24-32)51-37(29-13-6-2-7-14-29)40(49)46-41-34(25-43)35(26-50-41)28-11-4-1-5-12-28/h1-24,26,37H,(H,44,48)(H,45,47)(H,46,49)/b36-23+. The summed E-state index contributed by atoms with van der Waals surface area (Å²) in [6.45, 7) is 0. The second kappa shape index (κ2) is 16.7. The SMILES string of the molecule is N#Cc1c(-c2ccccc2)csc1NC(=O)C(Sc1cccc(NC(=O)/C(=C\c2ccc(Cl)cc2)NC(=O)c2ccccc2)c1)c1ccccc1. The molecule has 0 aliphatic carbocycles. The van der Waals surface area contributed by atoms with Crippen molar-refractivity contribution in [2.45, 2.75) is 10.1 Å². The van der Waals surface area contributed by atoms with Crippen LogP contribution in [0.5, 0.6) is 0 Å². The second-order valence-corrected chi connectivity index (χ2v) is 13.6. The summed E-state index contributed by atoms with van der Waals surface area (Å²) < 4.78 is 0. The van der Waals surface area contributed by atoms with Crippen LogP contribution in [0.1, 0.15) is 32.3 Å². The van der Waals surface area contributed by atoms with Crippen LogP contribution in [-0.2, 0) is 9.59 Å². The zero-order valence-electron chi connectivity index (χ0n) is 26.9. The largest absolute Gasteiger partial charge is 0.321 e. The van der Waals surface area contributed by atoms with Crippen molar-refractivity contribution >= 4 is 69.2 Å². The van der Waals surface area contributed by atoms with Gasteiger partial charge in [0, 0.05) is 32.1 Å². The number of anilines is 2. The number of carbonyl (C=O) groups excluding carboxylic acids is 3. The Kier molecular flexibility index (Phi) is 11.4. The molecule has 1 atom stereocenters. The number of hydrogen-bond acceptors (Lipinski definition) is 6. The fraction of sp³-hybridized carbons (Fsp3) is 0.0244. The van der Waals surface area contributed by atoms with Crippen LogP contribution in [-0.4, -0.2) is 17.7 Å². The number of thioether (sulfide) groups is 1. The molecule has 3 amide bonds. The van der Waals surface area contributed by atoms with E-state index in [0.717, 1.165) is 16.7 Å². The number of nitrogens with zero attached hydrogens (tertiary/aromatic N) is 1. The van der Waals surface area contributed by atoms with Crippen LogP contribution in [0, 0.1) is 11.3 Å². The van der Waals surface area contributed by atoms with E-state index >= 15 is 0 Å². The molecule has 1 heterocycles. The van der Waals surface area contributed by atoms with Gasteiger partial charge in [0.2, 0.25) is 5.91 Å². The van der Waals surface area contributed by atoms with Gasteiger partial charge in [-0.15, -0.1) is 23.1 Å². The fourth-order valence-corrected chi connectivity index (χ4v) is 7.25. The van der Waals surface area contributed by atoms with Gasteiger partial charge >= 0.3 is 0 Å². The minimum absolute atomic E-state index is 0.0323. The molecule has 0 fully saturated rings. The highest BCUT2D eigenvalue weighted by Crippen LogP contribution is 2.40. The minimum Gasteiger partial charge on any atom is -0.321 e.